The van der Waals surface area contributed by atoms with Gasteiger partial charge in [-0.05, 0) is 79.3 Å². The molecule has 1 saturated heterocycles. The fourth-order valence-corrected chi connectivity index (χ4v) is 8.57. The van der Waals surface area contributed by atoms with Crippen LogP contribution in [0.15, 0.2) is 149 Å². The van der Waals surface area contributed by atoms with Crippen molar-refractivity contribution in [3.63, 3.8) is 0 Å². The number of aliphatic hydroxyl groups is 2. The Morgan fingerprint density at radius 3 is 1.89 bits per heavy atom. The van der Waals surface area contributed by atoms with E-state index in [-0.39, 0.29) is 12.0 Å². The summed E-state index contributed by atoms with van der Waals surface area (Å²) in [5.74, 6) is 7.47. The van der Waals surface area contributed by atoms with E-state index < -0.39 is 41.2 Å². The third-order valence-electron chi connectivity index (χ3n) is 11.3. The van der Waals surface area contributed by atoms with Gasteiger partial charge in [0.05, 0.1) is 25.7 Å². The maximum absolute atomic E-state index is 13.4. The van der Waals surface area contributed by atoms with Crippen LogP contribution in [-0.4, -0.2) is 52.3 Å². The van der Waals surface area contributed by atoms with Gasteiger partial charge in [-0.1, -0.05) is 115 Å². The highest BCUT2D eigenvalue weighted by Crippen LogP contribution is 2.47. The first-order valence-electron chi connectivity index (χ1n) is 18.7. The predicted octanol–water partition coefficient (Wildman–Crippen LogP) is 6.89. The number of aliphatic hydroxyl groups excluding tert-OH is 2. The molecule has 0 bridgehead atoms. The van der Waals surface area contributed by atoms with Gasteiger partial charge in [0.1, 0.15) is 35.5 Å². The first kappa shape index (κ1) is 36.0. The lowest BCUT2D eigenvalue weighted by Crippen LogP contribution is -2.51. The molecule has 1 aromatic heterocycles. The number of aromatic amines is 1. The van der Waals surface area contributed by atoms with Gasteiger partial charge in [0.15, 0.2) is 0 Å². The highest BCUT2D eigenvalue weighted by Gasteiger charge is 2.52. The van der Waals surface area contributed by atoms with Crippen LogP contribution >= 0.6 is 0 Å². The van der Waals surface area contributed by atoms with E-state index in [0.717, 1.165) is 54.6 Å². The van der Waals surface area contributed by atoms with Crippen LogP contribution in [0.1, 0.15) is 40.5 Å². The maximum atomic E-state index is 13.4. The van der Waals surface area contributed by atoms with E-state index in [9.17, 15) is 19.8 Å². The maximum Gasteiger partial charge on any atom is 0.330 e. The smallest absolute Gasteiger partial charge is 0.330 e. The number of aromatic nitrogens is 2. The lowest BCUT2D eigenvalue weighted by Gasteiger charge is -2.43. The van der Waals surface area contributed by atoms with Crippen molar-refractivity contribution in [1.82, 2.24) is 9.55 Å². The van der Waals surface area contributed by atoms with Gasteiger partial charge in [0, 0.05) is 18.2 Å². The SMILES string of the molecule is COc1ccc(C(c2ccccc2)(c2ccc(OC)cc2)C(O)[C@H]2O[C@@H](n3cc(C#Cc4ccc5ccc6cccc7ccc4c5c67)c(=O)[nH]c3=O)C[C@@H]2O)cc1. The second kappa shape index (κ2) is 14.4. The van der Waals surface area contributed by atoms with Crippen LogP contribution in [-0.2, 0) is 10.2 Å². The van der Waals surface area contributed by atoms with Gasteiger partial charge in [-0.15, -0.1) is 0 Å². The average Bonchev–Trinajstić information content (AvgIpc) is 3.64. The summed E-state index contributed by atoms with van der Waals surface area (Å²) < 4.78 is 18.7. The molecule has 4 atom stereocenters. The Hall–Kier alpha value is -6.70. The minimum atomic E-state index is -1.38. The first-order chi connectivity index (χ1) is 27.8. The van der Waals surface area contributed by atoms with Gasteiger partial charge < -0.3 is 24.4 Å². The summed E-state index contributed by atoms with van der Waals surface area (Å²) in [6, 6.07) is 42.9. The summed E-state index contributed by atoms with van der Waals surface area (Å²) in [6.07, 6.45) is -3.45. The second-order valence-corrected chi connectivity index (χ2v) is 14.4. The van der Waals surface area contributed by atoms with Crippen molar-refractivity contribution in [1.29, 1.82) is 0 Å². The molecule has 1 aliphatic rings. The topological polar surface area (TPSA) is 123 Å². The molecule has 282 valence electrons. The summed E-state index contributed by atoms with van der Waals surface area (Å²) in [6.45, 7) is 0. The fourth-order valence-electron chi connectivity index (χ4n) is 8.57. The van der Waals surface area contributed by atoms with Gasteiger partial charge in [-0.25, -0.2) is 4.79 Å². The lowest BCUT2D eigenvalue weighted by atomic mass is 9.64. The molecule has 1 unspecified atom stereocenters. The molecule has 9 heteroatoms. The normalized spacial score (nSPS) is 17.4. The number of rotatable bonds is 8. The van der Waals surface area contributed by atoms with E-state index in [1.165, 1.54) is 10.8 Å². The number of nitrogens with zero attached hydrogens (tertiary/aromatic N) is 1. The molecule has 8 aromatic rings. The molecule has 0 radical (unpaired) electrons. The zero-order valence-electron chi connectivity index (χ0n) is 31.2. The molecule has 7 aromatic carbocycles. The second-order valence-electron chi connectivity index (χ2n) is 14.4. The minimum absolute atomic E-state index is 0.0360. The minimum Gasteiger partial charge on any atom is -0.497 e. The number of H-pyrrole nitrogens is 1. The summed E-state index contributed by atoms with van der Waals surface area (Å²) in [5, 5.41) is 31.0. The van der Waals surface area contributed by atoms with Crippen LogP contribution in [0, 0.1) is 11.8 Å². The quantitative estimate of drug-likeness (QED) is 0.0877. The zero-order valence-corrected chi connectivity index (χ0v) is 31.2. The molecule has 0 saturated carbocycles. The summed E-state index contributed by atoms with van der Waals surface area (Å²) in [4.78, 5) is 29.0. The van der Waals surface area contributed by atoms with Gasteiger partial charge >= 0.3 is 5.69 Å². The van der Waals surface area contributed by atoms with Gasteiger partial charge in [0.2, 0.25) is 0 Å². The molecular weight excluding hydrogens is 717 g/mol. The average molecular weight is 755 g/mol. The van der Waals surface area contributed by atoms with Crippen LogP contribution in [0.25, 0.3) is 32.3 Å². The number of hydrogen-bond acceptors (Lipinski definition) is 7. The Kier molecular flexibility index (Phi) is 9.10. The van der Waals surface area contributed by atoms with E-state index in [2.05, 4.69) is 47.2 Å². The van der Waals surface area contributed by atoms with Crippen molar-refractivity contribution in [2.45, 2.75) is 36.4 Å². The van der Waals surface area contributed by atoms with Crippen molar-refractivity contribution in [2.24, 2.45) is 0 Å². The highest BCUT2D eigenvalue weighted by molar-refractivity contribution is 6.23. The van der Waals surface area contributed by atoms with E-state index in [0.29, 0.717) is 11.5 Å². The summed E-state index contributed by atoms with van der Waals surface area (Å²) in [7, 11) is 3.17. The van der Waals surface area contributed by atoms with Crippen molar-refractivity contribution in [2.75, 3.05) is 14.2 Å². The van der Waals surface area contributed by atoms with Crippen LogP contribution in [0.3, 0.4) is 0 Å². The predicted molar refractivity (Wildman–Crippen MR) is 220 cm³/mol. The molecular formula is C48H38N2O7. The van der Waals surface area contributed by atoms with Gasteiger partial charge in [-0.3, -0.25) is 14.3 Å². The zero-order chi connectivity index (χ0) is 39.3. The number of benzene rings is 7. The van der Waals surface area contributed by atoms with Gasteiger partial charge in [-0.2, -0.15) is 0 Å². The number of nitrogens with one attached hydrogen (secondary N) is 1. The van der Waals surface area contributed by atoms with E-state index >= 15 is 0 Å². The van der Waals surface area contributed by atoms with Gasteiger partial charge in [0.25, 0.3) is 5.56 Å². The Bertz CT molecular complexity index is 2860. The van der Waals surface area contributed by atoms with Crippen molar-refractivity contribution < 1.29 is 24.4 Å². The largest absolute Gasteiger partial charge is 0.497 e. The van der Waals surface area contributed by atoms with E-state index in [1.54, 1.807) is 14.2 Å². The summed E-state index contributed by atoms with van der Waals surface area (Å²) >= 11 is 0. The molecule has 2 heterocycles. The molecule has 0 spiro atoms. The lowest BCUT2D eigenvalue weighted by molar-refractivity contribution is -0.0976. The number of methoxy groups -OCH3 is 2. The Balaban J connectivity index is 1.10. The molecule has 57 heavy (non-hydrogen) atoms. The molecule has 9 rings (SSSR count). The molecule has 1 aliphatic heterocycles. The van der Waals surface area contributed by atoms with Crippen molar-refractivity contribution in [3.05, 3.63) is 188 Å². The Morgan fingerprint density at radius 1 is 0.702 bits per heavy atom. The first-order valence-corrected chi connectivity index (χ1v) is 18.7. The molecule has 9 nitrogen and oxygen atoms in total. The van der Waals surface area contributed by atoms with Crippen LogP contribution in [0.4, 0.5) is 0 Å². The van der Waals surface area contributed by atoms with Crippen LogP contribution in [0.5, 0.6) is 11.5 Å². The third-order valence-corrected chi connectivity index (χ3v) is 11.3. The molecule has 0 aliphatic carbocycles. The van der Waals surface area contributed by atoms with Crippen LogP contribution in [0.2, 0.25) is 0 Å². The third kappa shape index (κ3) is 6.03. The molecule has 1 fully saturated rings. The Morgan fingerprint density at radius 2 is 1.26 bits per heavy atom. The number of hydrogen-bond donors (Lipinski definition) is 3. The molecule has 3 N–H and O–H groups in total. The molecule has 0 amide bonds. The summed E-state index contributed by atoms with van der Waals surface area (Å²) in [5.41, 5.74) is 0.346. The fraction of sp³-hybridized carbons (Fsp3) is 0.167. The van der Waals surface area contributed by atoms with E-state index in [1.807, 2.05) is 103 Å². The number of ether oxygens (including phenoxy) is 3. The van der Waals surface area contributed by atoms with Crippen molar-refractivity contribution >= 4 is 32.3 Å². The monoisotopic (exact) mass is 754 g/mol. The van der Waals surface area contributed by atoms with Crippen LogP contribution < -0.4 is 20.7 Å². The standard InChI is InChI=1S/C48H38N2O7/c1-55-37-22-18-35(19-23-37)48(34-9-4-3-5-10-34,36-20-24-38(56-2)25-21-36)45(52)44-40(51)27-41(57-44)50-28-33(46(53)49-47(50)54)16-12-29-11-13-32-15-14-30-7-6-8-31-17-26-39(29)43(32)42(30)31/h3-11,13-15,17-26,28,40-41,44-45,51-52H,27H2,1-2H3,(H,49,53,54)/t40-,41+,44-,45?/m0/s1. The highest BCUT2D eigenvalue weighted by atomic mass is 16.5. The van der Waals surface area contributed by atoms with E-state index in [4.69, 9.17) is 14.2 Å². The van der Waals surface area contributed by atoms with Crippen molar-refractivity contribution in [3.8, 4) is 23.3 Å². The Labute approximate surface area is 327 Å².